The fourth-order valence-electron chi connectivity index (χ4n) is 1.43. The summed E-state index contributed by atoms with van der Waals surface area (Å²) in [6.07, 6.45) is 0. The summed E-state index contributed by atoms with van der Waals surface area (Å²) in [7, 11) is 0. The summed E-state index contributed by atoms with van der Waals surface area (Å²) >= 11 is 0. The molecule has 0 bridgehead atoms. The Bertz CT molecular complexity index is 597. The molecule has 90 valence electrons. The highest BCUT2D eigenvalue weighted by Crippen LogP contribution is 2.27. The van der Waals surface area contributed by atoms with E-state index in [1.54, 1.807) is 36.4 Å². The summed E-state index contributed by atoms with van der Waals surface area (Å²) in [6, 6.07) is 14.2. The normalized spacial score (nSPS) is 11.2. The predicted octanol–water partition coefficient (Wildman–Crippen LogP) is 3.52. The lowest BCUT2D eigenvalue weighted by Crippen LogP contribution is -1.96. The minimum atomic E-state index is -0.610. The number of nitro groups is 1. The van der Waals surface area contributed by atoms with Crippen LogP contribution in [-0.4, -0.2) is 9.78 Å². The zero-order valence-corrected chi connectivity index (χ0v) is 9.26. The Labute approximate surface area is 103 Å². The fraction of sp³-hybridized carbons (Fsp3) is 0. The summed E-state index contributed by atoms with van der Waals surface area (Å²) < 4.78 is 0. The van der Waals surface area contributed by atoms with Gasteiger partial charge in [0.05, 0.1) is 4.92 Å². The molecule has 0 N–H and O–H groups in total. The van der Waals surface area contributed by atoms with E-state index in [2.05, 4.69) is 5.11 Å². The van der Waals surface area contributed by atoms with Gasteiger partial charge in [-0.3, -0.25) is 10.1 Å². The van der Waals surface area contributed by atoms with Gasteiger partial charge < -0.3 is 5.21 Å². The monoisotopic (exact) mass is 243 g/mol. The van der Waals surface area contributed by atoms with Crippen LogP contribution in [0.2, 0.25) is 0 Å². The average molecular weight is 243 g/mol. The molecule has 0 aromatic heterocycles. The number of hydrogen-bond acceptors (Lipinski definition) is 4. The number of azo groups is 1. The molecule has 2 aromatic carbocycles. The molecule has 0 heterocycles. The standard InChI is InChI=1S/C12H9N3O3/c16-14(13-10-6-2-1-3-7-10)11-8-4-5-9-12(11)15(17)18/h1-9H. The smallest absolute Gasteiger partial charge is 0.343 e. The van der Waals surface area contributed by atoms with Gasteiger partial charge in [-0.2, -0.15) is 0 Å². The summed E-state index contributed by atoms with van der Waals surface area (Å²) in [5.41, 5.74) is 0.0733. The van der Waals surface area contributed by atoms with Crippen molar-refractivity contribution in [2.45, 2.75) is 0 Å². The van der Waals surface area contributed by atoms with Crippen LogP contribution in [0.15, 0.2) is 59.7 Å². The van der Waals surface area contributed by atoms with Crippen molar-refractivity contribution in [2.75, 3.05) is 0 Å². The van der Waals surface area contributed by atoms with Crippen molar-refractivity contribution in [3.8, 4) is 0 Å². The third-order valence-electron chi connectivity index (χ3n) is 2.25. The third kappa shape index (κ3) is 2.49. The molecule has 0 unspecified atom stereocenters. The number of nitrogens with zero attached hydrogens (tertiary/aromatic N) is 3. The van der Waals surface area contributed by atoms with Crippen LogP contribution in [-0.2, 0) is 0 Å². The maximum absolute atomic E-state index is 11.8. The molecule has 0 saturated carbocycles. The van der Waals surface area contributed by atoms with Gasteiger partial charge >= 0.3 is 11.4 Å². The Morgan fingerprint density at radius 2 is 1.39 bits per heavy atom. The summed E-state index contributed by atoms with van der Waals surface area (Å²) in [5.74, 6) is 0. The second-order valence-corrected chi connectivity index (χ2v) is 3.45. The summed E-state index contributed by atoms with van der Waals surface area (Å²) in [6.45, 7) is 0. The highest BCUT2D eigenvalue weighted by molar-refractivity contribution is 5.51. The van der Waals surface area contributed by atoms with E-state index in [0.717, 1.165) is 0 Å². The van der Waals surface area contributed by atoms with E-state index in [1.807, 2.05) is 0 Å². The highest BCUT2D eigenvalue weighted by Gasteiger charge is 2.20. The van der Waals surface area contributed by atoms with Crippen molar-refractivity contribution in [3.05, 3.63) is 69.9 Å². The molecule has 0 spiro atoms. The van der Waals surface area contributed by atoms with Crippen LogP contribution in [0.1, 0.15) is 0 Å². The van der Waals surface area contributed by atoms with Gasteiger partial charge in [0, 0.05) is 17.2 Å². The van der Waals surface area contributed by atoms with E-state index in [9.17, 15) is 15.3 Å². The molecule has 6 heteroatoms. The molecule has 2 rings (SSSR count). The Morgan fingerprint density at radius 1 is 0.833 bits per heavy atom. The zero-order valence-electron chi connectivity index (χ0n) is 9.26. The van der Waals surface area contributed by atoms with E-state index in [-0.39, 0.29) is 16.2 Å². The first-order valence-corrected chi connectivity index (χ1v) is 5.16. The van der Waals surface area contributed by atoms with Gasteiger partial charge in [-0.25, -0.2) is 0 Å². The molecule has 6 nitrogen and oxygen atoms in total. The first-order valence-electron chi connectivity index (χ1n) is 5.16. The van der Waals surface area contributed by atoms with Gasteiger partial charge in [-0.05, 0) is 17.0 Å². The molecule has 0 amide bonds. The molecule has 0 aliphatic carbocycles. The summed E-state index contributed by atoms with van der Waals surface area (Å²) in [4.78, 5) is 10.4. The van der Waals surface area contributed by atoms with Crippen LogP contribution in [0, 0.1) is 15.3 Å². The average Bonchev–Trinajstić information content (AvgIpc) is 2.40. The lowest BCUT2D eigenvalue weighted by Gasteiger charge is -2.00. The molecular weight excluding hydrogens is 234 g/mol. The zero-order chi connectivity index (χ0) is 13.0. The minimum Gasteiger partial charge on any atom is -0.594 e. The lowest BCUT2D eigenvalue weighted by atomic mass is 10.3. The minimum absolute atomic E-state index is 0.0913. The van der Waals surface area contributed by atoms with Gasteiger partial charge in [0.1, 0.15) is 5.69 Å². The molecule has 0 aliphatic rings. The van der Waals surface area contributed by atoms with E-state index in [0.29, 0.717) is 5.69 Å². The van der Waals surface area contributed by atoms with Crippen LogP contribution >= 0.6 is 0 Å². The van der Waals surface area contributed by atoms with Gasteiger partial charge in [-0.1, -0.05) is 30.3 Å². The van der Waals surface area contributed by atoms with E-state index in [4.69, 9.17) is 0 Å². The molecule has 0 aliphatic heterocycles. The van der Waals surface area contributed by atoms with Crippen molar-refractivity contribution >= 4 is 17.1 Å². The van der Waals surface area contributed by atoms with Crippen molar-refractivity contribution in [3.63, 3.8) is 0 Å². The second kappa shape index (κ2) is 5.05. The van der Waals surface area contributed by atoms with Crippen LogP contribution < -0.4 is 0 Å². The highest BCUT2D eigenvalue weighted by atomic mass is 16.6. The van der Waals surface area contributed by atoms with Crippen LogP contribution in [0.5, 0.6) is 0 Å². The Hall–Kier alpha value is -2.76. The SMILES string of the molecule is O=[N+]([O-])c1ccccc1[N+]([O-])=Nc1ccccc1. The maximum Gasteiger partial charge on any atom is 0.343 e. The first-order chi connectivity index (χ1) is 8.68. The topological polar surface area (TPSA) is 81.6 Å². The number of hydrogen-bond donors (Lipinski definition) is 0. The maximum atomic E-state index is 11.8. The van der Waals surface area contributed by atoms with Gasteiger partial charge in [-0.15, -0.1) is 0 Å². The molecule has 2 aromatic rings. The van der Waals surface area contributed by atoms with Crippen LogP contribution in [0.4, 0.5) is 17.1 Å². The van der Waals surface area contributed by atoms with Crippen molar-refractivity contribution < 1.29 is 9.78 Å². The molecule has 0 radical (unpaired) electrons. The number of benzene rings is 2. The predicted molar refractivity (Wildman–Crippen MR) is 64.9 cm³/mol. The second-order valence-electron chi connectivity index (χ2n) is 3.45. The van der Waals surface area contributed by atoms with Gasteiger partial charge in [0.15, 0.2) is 0 Å². The van der Waals surface area contributed by atoms with E-state index < -0.39 is 4.92 Å². The van der Waals surface area contributed by atoms with Crippen molar-refractivity contribution in [2.24, 2.45) is 5.11 Å². The van der Waals surface area contributed by atoms with Gasteiger partial charge in [0.25, 0.3) is 0 Å². The summed E-state index contributed by atoms with van der Waals surface area (Å²) in [5, 5.41) is 26.3. The van der Waals surface area contributed by atoms with Crippen molar-refractivity contribution in [1.29, 1.82) is 0 Å². The molecular formula is C12H9N3O3. The van der Waals surface area contributed by atoms with Crippen LogP contribution in [0.3, 0.4) is 0 Å². The quantitative estimate of drug-likeness (QED) is 0.358. The van der Waals surface area contributed by atoms with Gasteiger partial charge in [0.2, 0.25) is 0 Å². The first kappa shape index (κ1) is 11.7. The van der Waals surface area contributed by atoms with Crippen molar-refractivity contribution in [1.82, 2.24) is 0 Å². The Balaban J connectivity index is 2.43. The number of para-hydroxylation sites is 2. The number of nitro benzene ring substituents is 1. The molecule has 0 fully saturated rings. The van der Waals surface area contributed by atoms with E-state index in [1.165, 1.54) is 18.2 Å². The third-order valence-corrected chi connectivity index (χ3v) is 2.25. The largest absolute Gasteiger partial charge is 0.594 e. The molecule has 0 atom stereocenters. The van der Waals surface area contributed by atoms with Crippen LogP contribution in [0.25, 0.3) is 0 Å². The fourth-order valence-corrected chi connectivity index (χ4v) is 1.43. The molecule has 18 heavy (non-hydrogen) atoms. The number of rotatable bonds is 3. The Kier molecular flexibility index (Phi) is 3.29. The Morgan fingerprint density at radius 3 is 2.00 bits per heavy atom. The molecule has 0 saturated heterocycles. The lowest BCUT2D eigenvalue weighted by molar-refractivity contribution is -0.454. The van der Waals surface area contributed by atoms with E-state index >= 15 is 0 Å².